The molecule has 8 heteroatoms. The fourth-order valence-corrected chi connectivity index (χ4v) is 3.81. The summed E-state index contributed by atoms with van der Waals surface area (Å²) in [6.07, 6.45) is 0.523. The number of amides is 2. The summed E-state index contributed by atoms with van der Waals surface area (Å²) in [5.41, 5.74) is 1.10. The summed E-state index contributed by atoms with van der Waals surface area (Å²) in [7, 11) is 0. The summed E-state index contributed by atoms with van der Waals surface area (Å²) in [5.74, 6) is -1.37. The van der Waals surface area contributed by atoms with E-state index in [1.165, 1.54) is 0 Å². The van der Waals surface area contributed by atoms with Crippen molar-refractivity contribution in [2.45, 2.75) is 51.7 Å². The minimum atomic E-state index is -0.666. The molecule has 32 heavy (non-hydrogen) atoms. The average molecular weight is 443 g/mol. The minimum absolute atomic E-state index is 0.0437. The lowest BCUT2D eigenvalue weighted by atomic mass is 10.0. The van der Waals surface area contributed by atoms with Crippen molar-refractivity contribution in [3.8, 4) is 23.0 Å². The summed E-state index contributed by atoms with van der Waals surface area (Å²) in [6, 6.07) is 9.75. The normalized spacial score (nSPS) is 15.4. The molecule has 1 fully saturated rings. The predicted molar refractivity (Wildman–Crippen MR) is 119 cm³/mol. The zero-order valence-electron chi connectivity index (χ0n) is 18.5. The molecule has 8 nitrogen and oxygen atoms in total. The van der Waals surface area contributed by atoms with Crippen molar-refractivity contribution < 1.29 is 29.6 Å². The maximum Gasteiger partial charge on any atom is 0.263 e. The number of hydrogen-bond acceptors (Lipinski definition) is 6. The number of phenolic OH excluding ortho intramolecular Hbond substituents is 3. The second-order valence-electron chi connectivity index (χ2n) is 8.39. The molecular formula is C24H30N2O6. The molecule has 0 saturated carbocycles. The summed E-state index contributed by atoms with van der Waals surface area (Å²) in [5, 5.41) is 31.4. The Balaban J connectivity index is 1.54. The Morgan fingerprint density at radius 1 is 1.03 bits per heavy atom. The summed E-state index contributed by atoms with van der Waals surface area (Å²) in [4.78, 5) is 27.0. The van der Waals surface area contributed by atoms with Gasteiger partial charge in [-0.1, -0.05) is 32.0 Å². The van der Waals surface area contributed by atoms with Gasteiger partial charge in [-0.15, -0.1) is 0 Å². The molecule has 1 aliphatic heterocycles. The summed E-state index contributed by atoms with van der Waals surface area (Å²) >= 11 is 0. The Kier molecular flexibility index (Phi) is 7.12. The molecule has 0 aromatic heterocycles. The number of aromatic hydroxyl groups is 3. The SMILES string of the molecule is CC(Oc1ccccc1C(C)C)C(=O)N1CCC(NC(=O)c2cc(O)c(O)c(O)c2)CC1. The van der Waals surface area contributed by atoms with Crippen molar-refractivity contribution in [2.24, 2.45) is 0 Å². The van der Waals surface area contributed by atoms with E-state index in [4.69, 9.17) is 4.74 Å². The van der Waals surface area contributed by atoms with Crippen LogP contribution in [-0.4, -0.2) is 57.3 Å². The lowest BCUT2D eigenvalue weighted by molar-refractivity contribution is -0.139. The molecular weight excluding hydrogens is 412 g/mol. The van der Waals surface area contributed by atoms with E-state index in [0.29, 0.717) is 31.7 Å². The molecule has 1 heterocycles. The van der Waals surface area contributed by atoms with Gasteiger partial charge in [-0.25, -0.2) is 0 Å². The van der Waals surface area contributed by atoms with Gasteiger partial charge < -0.3 is 30.3 Å². The third-order valence-corrected chi connectivity index (χ3v) is 5.67. The molecule has 3 rings (SSSR count). The number of hydrogen-bond donors (Lipinski definition) is 4. The summed E-state index contributed by atoms with van der Waals surface area (Å²) in [6.45, 7) is 6.87. The van der Waals surface area contributed by atoms with Crippen LogP contribution in [0.25, 0.3) is 0 Å². The van der Waals surface area contributed by atoms with Crippen LogP contribution in [0.15, 0.2) is 36.4 Å². The molecule has 2 aromatic rings. The fraction of sp³-hybridized carbons (Fsp3) is 0.417. The largest absolute Gasteiger partial charge is 0.504 e. The van der Waals surface area contributed by atoms with Gasteiger partial charge in [0.25, 0.3) is 11.8 Å². The third kappa shape index (κ3) is 5.25. The molecule has 1 atom stereocenters. The number of rotatable bonds is 6. The standard InChI is InChI=1S/C24H30N2O6/c1-14(2)18-6-4-5-7-21(18)32-15(3)24(31)26-10-8-17(9-11-26)25-23(30)16-12-19(27)22(29)20(28)13-16/h4-7,12-15,17,27-29H,8-11H2,1-3H3,(H,25,30). The van der Waals surface area contributed by atoms with Crippen LogP contribution in [0, 0.1) is 0 Å². The highest BCUT2D eigenvalue weighted by Gasteiger charge is 2.28. The van der Waals surface area contributed by atoms with Crippen molar-refractivity contribution in [3.63, 3.8) is 0 Å². The van der Waals surface area contributed by atoms with Gasteiger partial charge in [0.2, 0.25) is 0 Å². The van der Waals surface area contributed by atoms with Gasteiger partial charge in [0.05, 0.1) is 0 Å². The molecule has 2 amide bonds. The molecule has 4 N–H and O–H groups in total. The van der Waals surface area contributed by atoms with Crippen LogP contribution >= 0.6 is 0 Å². The maximum absolute atomic E-state index is 12.9. The number of carbonyl (C=O) groups excluding carboxylic acids is 2. The predicted octanol–water partition coefficient (Wildman–Crippen LogP) is 3.12. The number of likely N-dealkylation sites (tertiary alicyclic amines) is 1. The van der Waals surface area contributed by atoms with E-state index < -0.39 is 29.3 Å². The number of para-hydroxylation sites is 1. The molecule has 1 saturated heterocycles. The number of ether oxygens (including phenoxy) is 1. The Morgan fingerprint density at radius 3 is 2.22 bits per heavy atom. The Labute approximate surface area is 187 Å². The van der Waals surface area contributed by atoms with E-state index in [1.807, 2.05) is 24.3 Å². The zero-order valence-corrected chi connectivity index (χ0v) is 18.5. The number of nitrogens with one attached hydrogen (secondary N) is 1. The van der Waals surface area contributed by atoms with Gasteiger partial charge in [0.1, 0.15) is 5.75 Å². The minimum Gasteiger partial charge on any atom is -0.504 e. The lowest BCUT2D eigenvalue weighted by Gasteiger charge is -2.34. The highest BCUT2D eigenvalue weighted by Crippen LogP contribution is 2.35. The van der Waals surface area contributed by atoms with E-state index >= 15 is 0 Å². The number of phenols is 3. The first-order chi connectivity index (χ1) is 15.2. The van der Waals surface area contributed by atoms with Crippen LogP contribution < -0.4 is 10.1 Å². The molecule has 0 spiro atoms. The second-order valence-corrected chi connectivity index (χ2v) is 8.39. The van der Waals surface area contributed by atoms with Gasteiger partial charge in [-0.05, 0) is 49.4 Å². The van der Waals surface area contributed by atoms with Gasteiger partial charge in [-0.3, -0.25) is 9.59 Å². The van der Waals surface area contributed by atoms with Crippen molar-refractivity contribution in [1.29, 1.82) is 0 Å². The first-order valence-corrected chi connectivity index (χ1v) is 10.8. The highest BCUT2D eigenvalue weighted by atomic mass is 16.5. The monoisotopic (exact) mass is 442 g/mol. The van der Waals surface area contributed by atoms with Crippen molar-refractivity contribution in [2.75, 3.05) is 13.1 Å². The van der Waals surface area contributed by atoms with Crippen LogP contribution in [-0.2, 0) is 4.79 Å². The Morgan fingerprint density at radius 2 is 1.62 bits per heavy atom. The first kappa shape index (κ1) is 23.2. The van der Waals surface area contributed by atoms with Crippen LogP contribution in [0.2, 0.25) is 0 Å². The van der Waals surface area contributed by atoms with Crippen molar-refractivity contribution in [1.82, 2.24) is 10.2 Å². The van der Waals surface area contributed by atoms with Gasteiger partial charge in [0.15, 0.2) is 23.4 Å². The number of carbonyl (C=O) groups is 2. The van der Waals surface area contributed by atoms with Crippen LogP contribution in [0.1, 0.15) is 55.5 Å². The number of nitrogens with zero attached hydrogens (tertiary/aromatic N) is 1. The molecule has 1 aliphatic rings. The molecule has 0 radical (unpaired) electrons. The van der Waals surface area contributed by atoms with E-state index in [0.717, 1.165) is 17.7 Å². The van der Waals surface area contributed by atoms with Gasteiger partial charge >= 0.3 is 0 Å². The van der Waals surface area contributed by atoms with Crippen LogP contribution in [0.3, 0.4) is 0 Å². The maximum atomic E-state index is 12.9. The molecule has 2 aromatic carbocycles. The summed E-state index contributed by atoms with van der Waals surface area (Å²) < 4.78 is 5.97. The third-order valence-electron chi connectivity index (χ3n) is 5.67. The number of benzene rings is 2. The topological polar surface area (TPSA) is 119 Å². The fourth-order valence-electron chi connectivity index (χ4n) is 3.81. The smallest absolute Gasteiger partial charge is 0.263 e. The molecule has 172 valence electrons. The number of piperidine rings is 1. The zero-order chi connectivity index (χ0) is 23.4. The van der Waals surface area contributed by atoms with Gasteiger partial charge in [0, 0.05) is 24.7 Å². The van der Waals surface area contributed by atoms with Crippen LogP contribution in [0.5, 0.6) is 23.0 Å². The highest BCUT2D eigenvalue weighted by molar-refractivity contribution is 5.95. The molecule has 0 bridgehead atoms. The molecule has 1 unspecified atom stereocenters. The average Bonchev–Trinajstić information content (AvgIpc) is 2.77. The quantitative estimate of drug-likeness (QED) is 0.511. The lowest BCUT2D eigenvalue weighted by Crippen LogP contribution is -2.49. The van der Waals surface area contributed by atoms with Crippen molar-refractivity contribution >= 4 is 11.8 Å². The van der Waals surface area contributed by atoms with Crippen molar-refractivity contribution in [3.05, 3.63) is 47.5 Å². The van der Waals surface area contributed by atoms with E-state index in [2.05, 4.69) is 19.2 Å². The molecule has 0 aliphatic carbocycles. The Bertz CT molecular complexity index is 959. The van der Waals surface area contributed by atoms with E-state index in [-0.39, 0.29) is 23.4 Å². The second kappa shape index (κ2) is 9.80. The Hall–Kier alpha value is -3.42. The van der Waals surface area contributed by atoms with Crippen LogP contribution in [0.4, 0.5) is 0 Å². The van der Waals surface area contributed by atoms with E-state index in [9.17, 15) is 24.9 Å². The van der Waals surface area contributed by atoms with E-state index in [1.54, 1.807) is 11.8 Å². The van der Waals surface area contributed by atoms with Gasteiger partial charge in [-0.2, -0.15) is 0 Å². The first-order valence-electron chi connectivity index (χ1n) is 10.8.